The van der Waals surface area contributed by atoms with Gasteiger partial charge in [0.25, 0.3) is 0 Å². The number of rotatable bonds is 71. The topological polar surface area (TPSA) is 1010 Å². The van der Waals surface area contributed by atoms with Crippen LogP contribution < -0.4 is 124 Å². The van der Waals surface area contributed by atoms with Crippen molar-refractivity contribution < 1.29 is 171 Å². The van der Waals surface area contributed by atoms with Gasteiger partial charge >= 0.3 is 41.8 Å². The summed E-state index contributed by atoms with van der Waals surface area (Å²) in [6.45, 7) is 6.86. The number of likely N-dealkylation sites (tertiary alicyclic amines) is 2. The van der Waals surface area contributed by atoms with E-state index < -0.39 is 389 Å². The van der Waals surface area contributed by atoms with Crippen molar-refractivity contribution in [3.8, 4) is 0 Å². The van der Waals surface area contributed by atoms with Crippen molar-refractivity contribution in [3.63, 3.8) is 0 Å². The lowest BCUT2D eigenvalue weighted by atomic mass is 9.98. The highest BCUT2D eigenvalue weighted by atomic mass is 16.4. The van der Waals surface area contributed by atoms with E-state index in [9.17, 15) is 166 Å². The standard InChI is InChI=1S/C88H145N27O35/c1-40(2)66(111-77(141)52(23-28-62(125)126)104-72(136)47(16-11-31-95-87(91)92)101-70(134)45(90)38-116)82(146)107-51(22-27-61(123)124)75(139)109-54(35-64(129)130)78(142)100-44(8)85(149)114-33-13-19-57(114)81(145)106-46(15-9-10-30-89)76(140)112-68(42(5)6)84(148)113-67(41(3)4)83(147)108-53(24-29-63(127)128)86(150)115-34-14-18-56(115)80(144)99-43(7)69(133)110-55(39-117)79(143)105-50(21-26-60(121)122)74(138)102-48(17-12-32-96-88(93)94)73(137)103-49(20-25-59(119)120)71(135)98-36-58(118)97-37-65(131)132/h40-57,66-68,116-117H,9-39,89-90H2,1-8H3,(H,97,118)(H,98,135)(H,99,144)(H,100,142)(H,101,134)(H,102,138)(H,103,137)(H,104,136)(H,105,143)(H,106,145)(H,107,146)(H,108,147)(H,109,139)(H,110,133)(H,111,141)(H,112,140)(H,113,148)(H,119,120)(H,121,122)(H,123,124)(H,125,126)(H,127,128)(H,129,130)(H,131,132)(H4,91,92,95)(H4,93,94,96)/t43-,44-,45-,46-,47-,48-,49-,50-,51-,52-,53-,54-,55-,56-,57-,66-,67-,68-/m0/s1. The lowest BCUT2D eigenvalue weighted by molar-refractivity contribution is -0.144. The average molecular weight is 2140 g/mol. The highest BCUT2D eigenvalue weighted by molar-refractivity contribution is 6.03. The second-order valence-electron chi connectivity index (χ2n) is 36.5. The van der Waals surface area contributed by atoms with Crippen molar-refractivity contribution in [1.82, 2.24) is 111 Å². The van der Waals surface area contributed by atoms with Crippen molar-refractivity contribution >= 4 is 166 Å². The number of unbranched alkanes of at least 4 members (excludes halogenated alkanes) is 1. The molecule has 842 valence electrons. The minimum atomic E-state index is -2.11. The normalized spacial score (nSPS) is 16.3. The maximum atomic E-state index is 14.7. The number of amides is 19. The molecule has 18 atom stereocenters. The molecule has 2 aliphatic rings. The number of nitrogens with zero attached hydrogens (tertiary/aromatic N) is 2. The second-order valence-corrected chi connectivity index (χ2v) is 36.5. The first kappa shape index (κ1) is 131. The fourth-order valence-corrected chi connectivity index (χ4v) is 15.1. The van der Waals surface area contributed by atoms with Gasteiger partial charge in [0.1, 0.15) is 115 Å². The number of aliphatic hydroxyl groups excluding tert-OH is 2. The Balaban J connectivity index is 2.41. The van der Waals surface area contributed by atoms with Crippen LogP contribution in [0.2, 0.25) is 0 Å². The Morgan fingerprint density at radius 1 is 0.307 bits per heavy atom. The quantitative estimate of drug-likeness (QED) is 0.0153. The van der Waals surface area contributed by atoms with Crippen LogP contribution in [-0.2, 0) is 125 Å². The number of guanidine groups is 2. The van der Waals surface area contributed by atoms with Gasteiger partial charge in [-0.05, 0) is 141 Å². The van der Waals surface area contributed by atoms with E-state index in [0.717, 1.165) is 23.6 Å². The summed E-state index contributed by atoms with van der Waals surface area (Å²) in [5.74, 6) is -35.4. The summed E-state index contributed by atoms with van der Waals surface area (Å²) < 4.78 is 0. The molecule has 2 saturated heterocycles. The number of carbonyl (C=O) groups excluding carboxylic acids is 19. The number of nitrogens with one attached hydrogen (secondary N) is 21. The van der Waals surface area contributed by atoms with Crippen LogP contribution in [0.25, 0.3) is 0 Å². The summed E-state index contributed by atoms with van der Waals surface area (Å²) in [5.41, 5.74) is 22.1. The van der Waals surface area contributed by atoms with E-state index in [1.165, 1.54) is 41.5 Å². The number of carboxylic acids is 7. The monoisotopic (exact) mass is 2140 g/mol. The second kappa shape index (κ2) is 66.7. The maximum Gasteiger partial charge on any atom is 0.322 e. The van der Waals surface area contributed by atoms with E-state index >= 15 is 0 Å². The Morgan fingerprint density at radius 3 is 1.01 bits per heavy atom. The van der Waals surface area contributed by atoms with Crippen LogP contribution in [-0.4, -0.2) is 389 Å². The zero-order chi connectivity index (χ0) is 114. The molecule has 2 heterocycles. The van der Waals surface area contributed by atoms with E-state index in [-0.39, 0.29) is 96.9 Å². The molecule has 0 aromatic heterocycles. The molecule has 2 rings (SSSR count). The molecule has 0 saturated carbocycles. The van der Waals surface area contributed by atoms with Crippen LogP contribution >= 0.6 is 0 Å². The largest absolute Gasteiger partial charge is 0.481 e. The predicted molar refractivity (Wildman–Crippen MR) is 518 cm³/mol. The third-order valence-electron chi connectivity index (χ3n) is 23.3. The first-order valence-electron chi connectivity index (χ1n) is 48.4. The molecule has 0 aromatic carbocycles. The Bertz CT molecular complexity index is 4780. The molecule has 38 N–H and O–H groups in total. The molecule has 0 spiro atoms. The summed E-state index contributed by atoms with van der Waals surface area (Å²) >= 11 is 0. The summed E-state index contributed by atoms with van der Waals surface area (Å²) in [6.07, 6.45) is -8.73. The number of carboxylic acid groups (broad SMARTS) is 7. The summed E-state index contributed by atoms with van der Waals surface area (Å²) in [6, 6.07) is -30.4. The maximum absolute atomic E-state index is 14.7. The van der Waals surface area contributed by atoms with Gasteiger partial charge < -0.3 is 180 Å². The molecular weight excluding hydrogens is 2000 g/mol. The van der Waals surface area contributed by atoms with Crippen LogP contribution in [0, 0.1) is 28.6 Å². The molecule has 2 fully saturated rings. The first-order chi connectivity index (χ1) is 70.3. The van der Waals surface area contributed by atoms with E-state index in [4.69, 9.17) is 38.9 Å². The van der Waals surface area contributed by atoms with Gasteiger partial charge in [-0.2, -0.15) is 0 Å². The van der Waals surface area contributed by atoms with Crippen LogP contribution in [0.4, 0.5) is 0 Å². The Labute approximate surface area is 860 Å². The van der Waals surface area contributed by atoms with Gasteiger partial charge in [0, 0.05) is 58.3 Å². The van der Waals surface area contributed by atoms with Gasteiger partial charge in [-0.15, -0.1) is 0 Å². The lowest BCUT2D eigenvalue weighted by Gasteiger charge is -2.32. The number of hydrogen-bond donors (Lipinski definition) is 34. The molecule has 0 bridgehead atoms. The van der Waals surface area contributed by atoms with Crippen LogP contribution in [0.1, 0.15) is 197 Å². The van der Waals surface area contributed by atoms with Crippen LogP contribution in [0.15, 0.2) is 0 Å². The van der Waals surface area contributed by atoms with Crippen LogP contribution in [0.3, 0.4) is 0 Å². The van der Waals surface area contributed by atoms with E-state index in [1.807, 2.05) is 5.32 Å². The zero-order valence-corrected chi connectivity index (χ0v) is 84.4. The number of aliphatic carboxylic acids is 7. The minimum Gasteiger partial charge on any atom is -0.481 e. The molecule has 2 aliphatic heterocycles. The highest BCUT2D eigenvalue weighted by Gasteiger charge is 2.45. The SMILES string of the molecule is CC(C)[C@H](NC(=O)[C@H](CCC(=O)O)NC(=O)[C@H](CCCNC(=N)N)NC(=O)[C@@H](N)CO)C(=O)N[C@@H](CCC(=O)O)C(=O)N[C@@H](CC(=O)O)C(=O)N[C@@H](C)C(=O)N1CCC[C@H]1C(=O)N[C@@H](CCCCN)C(=O)N[C@H](C(=O)N[C@H](C(=O)N[C@@H](CCC(=O)O)C(=O)N1CCC[C@H]1C(=O)N[C@@H](C)C(=O)N[C@@H](CO)C(=O)N[C@@H](CCC(=O)O)C(=O)N[C@@H](CCCNC(=N)N)C(=O)N[C@@H](CCC(=O)O)C(=O)NCC(=O)NCC(=O)O)C(C)C)C(C)C. The highest BCUT2D eigenvalue weighted by Crippen LogP contribution is 2.24. The molecule has 0 aliphatic carbocycles. The lowest BCUT2D eigenvalue weighted by Crippen LogP contribution is -2.62. The molecule has 19 amide bonds. The number of aliphatic hydroxyl groups is 2. The molecule has 62 heteroatoms. The van der Waals surface area contributed by atoms with E-state index in [2.05, 4.69) is 95.7 Å². The van der Waals surface area contributed by atoms with Gasteiger partial charge in [0.05, 0.1) is 26.2 Å². The van der Waals surface area contributed by atoms with E-state index in [1.54, 1.807) is 0 Å². The fourth-order valence-electron chi connectivity index (χ4n) is 15.1. The molecule has 62 nitrogen and oxygen atoms in total. The molecular formula is C88H145N27O35. The smallest absolute Gasteiger partial charge is 0.322 e. The average Bonchev–Trinajstić information content (AvgIpc) is 1.67. The van der Waals surface area contributed by atoms with Gasteiger partial charge in [0.2, 0.25) is 112 Å². The summed E-state index contributed by atoms with van der Waals surface area (Å²) in [4.78, 5) is 350. The minimum absolute atomic E-state index is 0.00515. The van der Waals surface area contributed by atoms with Gasteiger partial charge in [-0.3, -0.25) is 135 Å². The number of carbonyl (C=O) groups is 26. The van der Waals surface area contributed by atoms with Crippen molar-refractivity contribution in [2.45, 2.75) is 305 Å². The Morgan fingerprint density at radius 2 is 0.627 bits per heavy atom. The third-order valence-corrected chi connectivity index (χ3v) is 23.3. The number of nitrogens with two attached hydrogens (primary N) is 4. The Hall–Kier alpha value is -15.4. The zero-order valence-electron chi connectivity index (χ0n) is 84.4. The fraction of sp³-hybridized carbons (Fsp3) is 0.682. The summed E-state index contributed by atoms with van der Waals surface area (Å²) in [7, 11) is 0. The molecule has 0 radical (unpaired) electrons. The van der Waals surface area contributed by atoms with Crippen molar-refractivity contribution in [2.24, 2.45) is 40.7 Å². The van der Waals surface area contributed by atoms with Gasteiger partial charge in [-0.1, -0.05) is 41.5 Å². The summed E-state index contributed by atoms with van der Waals surface area (Å²) in [5, 5.41) is 146. The van der Waals surface area contributed by atoms with Crippen molar-refractivity contribution in [1.29, 1.82) is 10.8 Å². The van der Waals surface area contributed by atoms with Crippen LogP contribution in [0.5, 0.6) is 0 Å². The molecule has 150 heavy (non-hydrogen) atoms. The molecule has 0 aromatic rings. The first-order valence-corrected chi connectivity index (χ1v) is 48.4. The number of hydrogen-bond acceptors (Lipinski definition) is 32. The van der Waals surface area contributed by atoms with Gasteiger partial charge in [0.15, 0.2) is 11.9 Å². The van der Waals surface area contributed by atoms with Crippen molar-refractivity contribution in [3.05, 3.63) is 0 Å². The Kier molecular flexibility index (Phi) is 58.1. The third kappa shape index (κ3) is 48.1. The predicted octanol–water partition coefficient (Wildman–Crippen LogP) is -12.7. The van der Waals surface area contributed by atoms with Crippen molar-refractivity contribution in [2.75, 3.05) is 59.0 Å². The van der Waals surface area contributed by atoms with E-state index in [0.29, 0.717) is 6.42 Å². The van der Waals surface area contributed by atoms with Gasteiger partial charge in [-0.25, -0.2) is 0 Å². The molecule has 0 unspecified atom stereocenters.